The molecule has 2 aromatic rings. The van der Waals surface area contributed by atoms with Gasteiger partial charge < -0.3 is 10.6 Å². The zero-order valence-electron chi connectivity index (χ0n) is 14.4. The van der Waals surface area contributed by atoms with Crippen LogP contribution in [0.2, 0.25) is 5.02 Å². The van der Waals surface area contributed by atoms with E-state index in [0.29, 0.717) is 10.1 Å². The predicted molar refractivity (Wildman–Crippen MR) is 108 cm³/mol. The molecule has 0 spiro atoms. The van der Waals surface area contributed by atoms with Crippen LogP contribution >= 0.6 is 23.8 Å². The van der Waals surface area contributed by atoms with E-state index in [-0.39, 0.29) is 12.5 Å². The Morgan fingerprint density at radius 3 is 2.24 bits per heavy atom. The molecule has 5 nitrogen and oxygen atoms in total. The Morgan fingerprint density at radius 2 is 1.64 bits per heavy atom. The van der Waals surface area contributed by atoms with Crippen molar-refractivity contribution in [1.29, 1.82) is 0 Å². The number of hydrogen-bond donors (Lipinski definition) is 4. The van der Waals surface area contributed by atoms with E-state index in [9.17, 15) is 4.79 Å². The monoisotopic (exact) mass is 376 g/mol. The number of rotatable bonds is 4. The molecule has 0 radical (unpaired) electrons. The van der Waals surface area contributed by atoms with Crippen molar-refractivity contribution in [2.24, 2.45) is 0 Å². The Morgan fingerprint density at radius 1 is 1.04 bits per heavy atom. The lowest BCUT2D eigenvalue weighted by atomic mass is 10.1. The Hall–Kier alpha value is -2.31. The van der Waals surface area contributed by atoms with Crippen LogP contribution in [0.25, 0.3) is 0 Å². The molecule has 0 aliphatic heterocycles. The molecule has 0 fully saturated rings. The molecule has 0 heterocycles. The summed E-state index contributed by atoms with van der Waals surface area (Å²) < 4.78 is 0. The quantitative estimate of drug-likeness (QED) is 0.484. The lowest BCUT2D eigenvalue weighted by Gasteiger charge is -2.15. The molecule has 2 rings (SSSR count). The van der Waals surface area contributed by atoms with Gasteiger partial charge in [-0.05, 0) is 68.4 Å². The van der Waals surface area contributed by atoms with Crippen molar-refractivity contribution in [1.82, 2.24) is 10.9 Å². The summed E-state index contributed by atoms with van der Waals surface area (Å²) in [5, 5.41) is 7.04. The van der Waals surface area contributed by atoms with E-state index in [1.807, 2.05) is 13.8 Å². The summed E-state index contributed by atoms with van der Waals surface area (Å²) in [4.78, 5) is 12.0. The number of thiocarbonyl (C=S) groups is 1. The number of anilines is 2. The highest BCUT2D eigenvalue weighted by atomic mass is 35.5. The van der Waals surface area contributed by atoms with Crippen molar-refractivity contribution in [2.45, 2.75) is 20.8 Å². The molecule has 25 heavy (non-hydrogen) atoms. The fourth-order valence-electron chi connectivity index (χ4n) is 2.49. The molecule has 0 aromatic heterocycles. The minimum atomic E-state index is -0.223. The third-order valence-electron chi connectivity index (χ3n) is 3.52. The van der Waals surface area contributed by atoms with Gasteiger partial charge in [-0.25, -0.2) is 0 Å². The maximum Gasteiger partial charge on any atom is 0.257 e. The molecular formula is C18H21ClN4OS. The zero-order valence-corrected chi connectivity index (χ0v) is 15.9. The molecule has 0 unspecified atom stereocenters. The second-order valence-electron chi connectivity index (χ2n) is 5.76. The predicted octanol–water partition coefficient (Wildman–Crippen LogP) is 3.69. The molecule has 0 aliphatic rings. The summed E-state index contributed by atoms with van der Waals surface area (Å²) in [5.41, 5.74) is 10.4. The number of carbonyl (C=O) groups excluding carboxylic acids is 1. The first kappa shape index (κ1) is 19.0. The van der Waals surface area contributed by atoms with Gasteiger partial charge in [0.2, 0.25) is 0 Å². The first-order valence-electron chi connectivity index (χ1n) is 7.78. The zero-order chi connectivity index (χ0) is 18.4. The third-order valence-corrected chi connectivity index (χ3v) is 3.98. The smallest absolute Gasteiger partial charge is 0.257 e. The van der Waals surface area contributed by atoms with E-state index in [1.165, 1.54) is 5.56 Å². The average Bonchev–Trinajstić information content (AvgIpc) is 2.54. The van der Waals surface area contributed by atoms with Crippen molar-refractivity contribution in [2.75, 3.05) is 17.2 Å². The standard InChI is InChI=1S/C18H21ClN4OS/c1-11-8-12(2)17(13(3)9-11)20-10-16(24)22-23-18(25)21-15-6-4-14(19)5-7-15/h4-9,20H,10H2,1-3H3,(H,22,24)(H2,21,23,25). The van der Waals surface area contributed by atoms with Gasteiger partial charge in [-0.1, -0.05) is 29.3 Å². The second kappa shape index (κ2) is 8.69. The molecule has 7 heteroatoms. The van der Waals surface area contributed by atoms with Gasteiger partial charge in [-0.2, -0.15) is 0 Å². The highest BCUT2D eigenvalue weighted by molar-refractivity contribution is 7.80. The number of nitrogens with one attached hydrogen (secondary N) is 4. The highest BCUT2D eigenvalue weighted by Gasteiger charge is 2.07. The third kappa shape index (κ3) is 5.92. The molecule has 0 saturated carbocycles. The van der Waals surface area contributed by atoms with Crippen LogP contribution in [-0.4, -0.2) is 17.6 Å². The first-order chi connectivity index (χ1) is 11.8. The fraction of sp³-hybridized carbons (Fsp3) is 0.222. The van der Waals surface area contributed by atoms with Gasteiger partial charge in [0.15, 0.2) is 5.11 Å². The summed E-state index contributed by atoms with van der Waals surface area (Å²) in [6.07, 6.45) is 0. The van der Waals surface area contributed by atoms with E-state index >= 15 is 0 Å². The van der Waals surface area contributed by atoms with Crippen LogP contribution in [0, 0.1) is 20.8 Å². The van der Waals surface area contributed by atoms with E-state index < -0.39 is 0 Å². The lowest BCUT2D eigenvalue weighted by molar-refractivity contribution is -0.119. The number of hydrogen-bond acceptors (Lipinski definition) is 3. The van der Waals surface area contributed by atoms with Gasteiger partial charge in [0.05, 0.1) is 6.54 Å². The van der Waals surface area contributed by atoms with Crippen LogP contribution in [0.15, 0.2) is 36.4 Å². The van der Waals surface area contributed by atoms with E-state index in [4.69, 9.17) is 23.8 Å². The largest absolute Gasteiger partial charge is 0.376 e. The SMILES string of the molecule is Cc1cc(C)c(NCC(=O)NNC(=S)Nc2ccc(Cl)cc2)c(C)c1. The van der Waals surface area contributed by atoms with Crippen LogP contribution in [0.5, 0.6) is 0 Å². The molecule has 0 atom stereocenters. The van der Waals surface area contributed by atoms with E-state index in [1.54, 1.807) is 24.3 Å². The molecule has 0 saturated heterocycles. The molecule has 1 amide bonds. The summed E-state index contributed by atoms with van der Waals surface area (Å²) >= 11 is 11.0. The number of amides is 1. The number of aryl methyl sites for hydroxylation is 3. The maximum atomic E-state index is 12.0. The number of halogens is 1. The van der Waals surface area contributed by atoms with Crippen molar-refractivity contribution < 1.29 is 4.79 Å². The van der Waals surface area contributed by atoms with Gasteiger partial charge in [-0.15, -0.1) is 0 Å². The van der Waals surface area contributed by atoms with Gasteiger partial charge in [0, 0.05) is 16.4 Å². The molecule has 4 N–H and O–H groups in total. The molecule has 132 valence electrons. The normalized spacial score (nSPS) is 10.1. The number of hydrazine groups is 1. The van der Waals surface area contributed by atoms with Crippen LogP contribution in [0.4, 0.5) is 11.4 Å². The topological polar surface area (TPSA) is 65.2 Å². The van der Waals surface area contributed by atoms with Gasteiger partial charge >= 0.3 is 0 Å². The molecule has 2 aromatic carbocycles. The fourth-order valence-corrected chi connectivity index (χ4v) is 2.79. The minimum Gasteiger partial charge on any atom is -0.376 e. The van der Waals surface area contributed by atoms with Crippen LogP contribution < -0.4 is 21.5 Å². The summed E-state index contributed by atoms with van der Waals surface area (Å²) in [6.45, 7) is 6.23. The van der Waals surface area contributed by atoms with Crippen molar-refractivity contribution in [3.05, 3.63) is 58.1 Å². The van der Waals surface area contributed by atoms with Gasteiger partial charge in [0.25, 0.3) is 5.91 Å². The second-order valence-corrected chi connectivity index (χ2v) is 6.61. The van der Waals surface area contributed by atoms with E-state index in [2.05, 4.69) is 40.5 Å². The summed E-state index contributed by atoms with van der Waals surface area (Å²) in [5.74, 6) is -0.223. The van der Waals surface area contributed by atoms with Crippen LogP contribution in [0.3, 0.4) is 0 Å². The lowest BCUT2D eigenvalue weighted by Crippen LogP contribution is -2.45. The van der Waals surface area contributed by atoms with Gasteiger partial charge in [-0.3, -0.25) is 15.6 Å². The first-order valence-corrected chi connectivity index (χ1v) is 8.57. The minimum absolute atomic E-state index is 0.140. The Labute approximate surface area is 158 Å². The summed E-state index contributed by atoms with van der Waals surface area (Å²) in [6, 6.07) is 11.3. The number of benzene rings is 2. The number of carbonyl (C=O) groups is 1. The Balaban J connectivity index is 1.79. The van der Waals surface area contributed by atoms with Crippen molar-refractivity contribution >= 4 is 46.2 Å². The average molecular weight is 377 g/mol. The van der Waals surface area contributed by atoms with Gasteiger partial charge in [0.1, 0.15) is 0 Å². The van der Waals surface area contributed by atoms with Crippen molar-refractivity contribution in [3.8, 4) is 0 Å². The van der Waals surface area contributed by atoms with E-state index in [0.717, 1.165) is 22.5 Å². The Bertz CT molecular complexity index is 754. The van der Waals surface area contributed by atoms with Crippen LogP contribution in [0.1, 0.15) is 16.7 Å². The van der Waals surface area contributed by atoms with Crippen molar-refractivity contribution in [3.63, 3.8) is 0 Å². The van der Waals surface area contributed by atoms with Crippen LogP contribution in [-0.2, 0) is 4.79 Å². The molecular weight excluding hydrogens is 356 g/mol. The highest BCUT2D eigenvalue weighted by Crippen LogP contribution is 2.21. The summed E-state index contributed by atoms with van der Waals surface area (Å²) in [7, 11) is 0. The molecule has 0 aliphatic carbocycles. The molecule has 0 bridgehead atoms. The maximum absolute atomic E-state index is 12.0. The Kier molecular flexibility index (Phi) is 6.61.